The van der Waals surface area contributed by atoms with Crippen LogP contribution >= 0.6 is 11.3 Å². The van der Waals surface area contributed by atoms with Crippen molar-refractivity contribution in [3.05, 3.63) is 27.7 Å². The summed E-state index contributed by atoms with van der Waals surface area (Å²) in [6, 6.07) is 2.13. The molecule has 0 spiro atoms. The minimum Gasteiger partial charge on any atom is -0.639 e. The second-order valence-electron chi connectivity index (χ2n) is 5.03. The van der Waals surface area contributed by atoms with Crippen LogP contribution < -0.4 is 4.98 Å². The molecule has 1 N–H and O–H groups in total. The fraction of sp³-hybridized carbons (Fsp3) is 0.400. The van der Waals surface area contributed by atoms with E-state index in [-0.39, 0.29) is 12.5 Å². The average molecular weight is 317 g/mol. The fourth-order valence-corrected chi connectivity index (χ4v) is 3.45. The number of aliphatic hydroxyl groups is 1. The first-order valence-corrected chi connectivity index (χ1v) is 7.87. The molecule has 1 aromatic rings. The molecule has 6 nitrogen and oxygen atoms in total. The van der Waals surface area contributed by atoms with Crippen molar-refractivity contribution in [3.63, 3.8) is 0 Å². The number of hydrogen-bond acceptors (Lipinski definition) is 4. The summed E-state index contributed by atoms with van der Waals surface area (Å²) in [6.07, 6.45) is 7.23. The van der Waals surface area contributed by atoms with E-state index in [1.165, 1.54) is 11.0 Å². The van der Waals surface area contributed by atoms with Crippen LogP contribution in [0.5, 0.6) is 0 Å². The Kier molecular flexibility index (Phi) is 4.22. The third kappa shape index (κ3) is 2.75. The van der Waals surface area contributed by atoms with Crippen LogP contribution in [0.25, 0.3) is 6.08 Å². The Morgan fingerprint density at radius 1 is 1.64 bits per heavy atom. The first-order chi connectivity index (χ1) is 10.7. The van der Waals surface area contributed by atoms with Gasteiger partial charge < -0.3 is 14.8 Å². The second kappa shape index (κ2) is 6.30. The number of rotatable bonds is 5. The molecular weight excluding hydrogens is 302 g/mol. The number of hydrogen-bond donors (Lipinski definition) is 1. The van der Waals surface area contributed by atoms with Crippen LogP contribution in [-0.4, -0.2) is 34.7 Å². The lowest BCUT2D eigenvalue weighted by Gasteiger charge is -2.18. The van der Waals surface area contributed by atoms with Gasteiger partial charge in [0, 0.05) is 12.8 Å². The number of thiazole rings is 1. The van der Waals surface area contributed by atoms with E-state index in [1.54, 1.807) is 11.3 Å². The molecule has 1 aliphatic carbocycles. The average Bonchev–Trinajstić information content (AvgIpc) is 3.09. The number of nitrogens with zero attached hydrogens (tertiary/aromatic N) is 3. The normalized spacial score (nSPS) is 19.6. The predicted molar refractivity (Wildman–Crippen MR) is 79.9 cm³/mol. The summed E-state index contributed by atoms with van der Waals surface area (Å²) in [6.45, 7) is -0.322. The summed E-state index contributed by atoms with van der Waals surface area (Å²) < 4.78 is 6.60. The molecule has 0 aromatic carbocycles. The zero-order valence-corrected chi connectivity index (χ0v) is 12.7. The highest BCUT2D eigenvalue weighted by Gasteiger charge is 2.39. The Morgan fingerprint density at radius 2 is 2.50 bits per heavy atom. The van der Waals surface area contributed by atoms with Gasteiger partial charge in [-0.25, -0.2) is 16.9 Å². The van der Waals surface area contributed by atoms with Crippen LogP contribution in [0.2, 0.25) is 0 Å². The van der Waals surface area contributed by atoms with Crippen molar-refractivity contribution in [3.8, 4) is 6.07 Å². The van der Waals surface area contributed by atoms with Crippen molar-refractivity contribution in [2.75, 3.05) is 6.61 Å². The number of carbonyl (C=O) groups excluding carboxylic acids is 1. The Morgan fingerprint density at radius 3 is 3.23 bits per heavy atom. The van der Waals surface area contributed by atoms with Gasteiger partial charge in [0.2, 0.25) is 0 Å². The Balaban J connectivity index is 1.76. The van der Waals surface area contributed by atoms with Gasteiger partial charge in [0.25, 0.3) is 6.10 Å². The first-order valence-electron chi connectivity index (χ1n) is 7.06. The predicted octanol–water partition coefficient (Wildman–Crippen LogP) is 1.09. The lowest BCUT2D eigenvalue weighted by Crippen LogP contribution is -2.28. The van der Waals surface area contributed by atoms with E-state index in [4.69, 9.17) is 15.1 Å². The maximum absolute atomic E-state index is 12.0. The Hall–Kier alpha value is -2.17. The summed E-state index contributed by atoms with van der Waals surface area (Å²) in [5, 5.41) is 18.7. The highest BCUT2D eigenvalue weighted by atomic mass is 32.1. The largest absolute Gasteiger partial charge is 0.639 e. The molecule has 0 bridgehead atoms. The van der Waals surface area contributed by atoms with Crippen molar-refractivity contribution >= 4 is 29.7 Å². The van der Waals surface area contributed by atoms with Gasteiger partial charge in [-0.1, -0.05) is 0 Å². The third-order valence-corrected chi connectivity index (χ3v) is 4.60. The number of carbonyl (C=O) groups is 1. The number of amides is 1. The van der Waals surface area contributed by atoms with E-state index >= 15 is 0 Å². The van der Waals surface area contributed by atoms with Gasteiger partial charge in [-0.05, 0) is 18.9 Å². The van der Waals surface area contributed by atoms with Crippen molar-refractivity contribution in [2.24, 2.45) is 0 Å². The minimum absolute atomic E-state index is 0.246. The molecule has 22 heavy (non-hydrogen) atoms. The van der Waals surface area contributed by atoms with E-state index in [0.29, 0.717) is 12.8 Å². The molecule has 1 atom stereocenters. The summed E-state index contributed by atoms with van der Waals surface area (Å²) >= 11 is 1.59. The third-order valence-electron chi connectivity index (χ3n) is 3.53. The molecule has 3 rings (SSSR count). The molecule has 2 heterocycles. The van der Waals surface area contributed by atoms with Crippen LogP contribution in [0, 0.1) is 17.8 Å². The van der Waals surface area contributed by atoms with Crippen molar-refractivity contribution in [2.45, 2.75) is 31.8 Å². The maximum Gasteiger partial charge on any atom is 0.438 e. The molecule has 1 amide bonds. The van der Waals surface area contributed by atoms with Gasteiger partial charge in [0.1, 0.15) is 0 Å². The van der Waals surface area contributed by atoms with Gasteiger partial charge in [-0.15, -0.1) is 4.58 Å². The molecule has 1 aromatic heterocycles. The van der Waals surface area contributed by atoms with Crippen molar-refractivity contribution < 1.29 is 19.2 Å². The lowest BCUT2D eigenvalue weighted by atomic mass is 10.1. The number of nitriles is 1. The highest BCUT2D eigenvalue weighted by molar-refractivity contribution is 7.12. The van der Waals surface area contributed by atoms with Gasteiger partial charge >= 0.3 is 12.3 Å². The van der Waals surface area contributed by atoms with Crippen molar-refractivity contribution in [1.29, 1.82) is 5.26 Å². The number of aromatic nitrogens is 1. The number of allylic oxidation sites excluding steroid dienone is 1. The second-order valence-corrected chi connectivity index (χ2v) is 6.15. The molecule has 0 unspecified atom stereocenters. The molecule has 7 heteroatoms. The zero-order valence-electron chi connectivity index (χ0n) is 11.9. The highest BCUT2D eigenvalue weighted by Crippen LogP contribution is 2.31. The number of aliphatic hydroxyl groups excluding tert-OH is 1. The molecule has 114 valence electrons. The quantitative estimate of drug-likeness (QED) is 0.380. The van der Waals surface area contributed by atoms with Gasteiger partial charge in [0.15, 0.2) is 5.70 Å². The maximum atomic E-state index is 12.0. The summed E-state index contributed by atoms with van der Waals surface area (Å²) in [4.78, 5) is 17.6. The van der Waals surface area contributed by atoms with Crippen LogP contribution in [0.15, 0.2) is 5.70 Å². The lowest BCUT2D eigenvalue weighted by molar-refractivity contribution is -0.392. The van der Waals surface area contributed by atoms with Crippen LogP contribution in [0.3, 0.4) is 0 Å². The standard InChI is InChI=1S/C15H15N3O3S/c16-6-2-1-3-14-17-11-5-4-10(7-13(11)22-14)18-9-21-12(8-19)15(18)20/h5,7,9,12,19H,1-4,8H2/t12-/m0/s1. The van der Waals surface area contributed by atoms with Gasteiger partial charge in [-0.2, -0.15) is 5.26 Å². The number of unbranched alkanes of at least 4 members (excludes halogenated alkanes) is 1. The van der Waals surface area contributed by atoms with E-state index in [0.717, 1.165) is 34.1 Å². The van der Waals surface area contributed by atoms with E-state index < -0.39 is 6.10 Å². The van der Waals surface area contributed by atoms with Gasteiger partial charge in [-0.3, -0.25) is 0 Å². The Labute approximate surface area is 132 Å². The summed E-state index contributed by atoms with van der Waals surface area (Å²) in [7, 11) is 0. The molecule has 0 radical (unpaired) electrons. The van der Waals surface area contributed by atoms with Crippen molar-refractivity contribution in [1.82, 2.24) is 4.98 Å². The molecule has 2 aliphatic rings. The fourth-order valence-electron chi connectivity index (χ4n) is 2.38. The smallest absolute Gasteiger partial charge is 0.438 e. The zero-order chi connectivity index (χ0) is 15.5. The number of aryl methyl sites for hydroxylation is 1. The van der Waals surface area contributed by atoms with Crippen LogP contribution in [0.1, 0.15) is 34.8 Å². The number of ether oxygens (including phenoxy) is 1. The Bertz CT molecular complexity index is 699. The van der Waals surface area contributed by atoms with E-state index in [2.05, 4.69) is 11.1 Å². The van der Waals surface area contributed by atoms with Gasteiger partial charge in [0.05, 0.1) is 33.9 Å². The molecular formula is C15H15N3O3S. The van der Waals surface area contributed by atoms with E-state index in [1.807, 2.05) is 12.5 Å². The summed E-state index contributed by atoms with van der Waals surface area (Å²) in [5.41, 5.74) is 1.76. The molecule has 1 aliphatic heterocycles. The molecule has 0 saturated carbocycles. The SMILES string of the molecule is N#CCCCc1[n-]c2c([s+]1)C=C([N+]1=CO[C@@H](CO)C1=O)C[CH-]2. The van der Waals surface area contributed by atoms with Crippen LogP contribution in [0.4, 0.5) is 0 Å². The topological polar surface area (TPSA) is 87.4 Å². The molecule has 0 saturated heterocycles. The number of fused-ring (bicyclic) bond motifs is 1. The van der Waals surface area contributed by atoms with E-state index in [9.17, 15) is 4.79 Å². The molecule has 0 fully saturated rings. The monoisotopic (exact) mass is 317 g/mol. The minimum atomic E-state index is -0.801. The summed E-state index contributed by atoms with van der Waals surface area (Å²) in [5.74, 6) is -0.246. The van der Waals surface area contributed by atoms with Crippen LogP contribution in [-0.2, 0) is 16.0 Å². The first kappa shape index (κ1) is 14.8.